The van der Waals surface area contributed by atoms with Gasteiger partial charge in [0.15, 0.2) is 0 Å². The zero-order valence-electron chi connectivity index (χ0n) is 56.7. The van der Waals surface area contributed by atoms with Gasteiger partial charge in [0.2, 0.25) is 0 Å². The van der Waals surface area contributed by atoms with Crippen molar-refractivity contribution in [1.29, 1.82) is 0 Å². The molecule has 488 valence electrons. The third-order valence-corrected chi connectivity index (χ3v) is 19.6. The maximum Gasteiger partial charge on any atom is 0.0540 e. The van der Waals surface area contributed by atoms with Crippen LogP contribution in [0.5, 0.6) is 0 Å². The number of nitrogens with one attached hydrogen (secondary N) is 1. The number of para-hydroxylation sites is 2. The van der Waals surface area contributed by atoms with E-state index in [0.29, 0.717) is 0 Å². The fourth-order valence-electron chi connectivity index (χ4n) is 14.1. The third-order valence-electron chi connectivity index (χ3n) is 19.3. The first-order valence-corrected chi connectivity index (χ1v) is 35.4. The first-order chi connectivity index (χ1) is 51.0. The molecule has 0 aliphatic heterocycles. The van der Waals surface area contributed by atoms with Crippen molar-refractivity contribution in [1.82, 2.24) is 0 Å². The van der Waals surface area contributed by atoms with Crippen LogP contribution in [0, 0.1) is 0 Å². The molecule has 2 nitrogen and oxygen atoms in total. The van der Waals surface area contributed by atoms with Crippen LogP contribution in [0.4, 0.5) is 28.4 Å². The van der Waals surface area contributed by atoms with E-state index in [4.69, 9.17) is 11.6 Å². The van der Waals surface area contributed by atoms with Gasteiger partial charge in [-0.3, -0.25) is 0 Å². The van der Waals surface area contributed by atoms with Crippen molar-refractivity contribution < 1.29 is 0 Å². The van der Waals surface area contributed by atoms with Crippen molar-refractivity contribution in [2.75, 3.05) is 10.2 Å². The van der Waals surface area contributed by atoms with E-state index in [9.17, 15) is 0 Å². The van der Waals surface area contributed by atoms with Gasteiger partial charge < -0.3 is 10.2 Å². The molecule has 0 unspecified atom stereocenters. The van der Waals surface area contributed by atoms with Gasteiger partial charge in [-0.25, -0.2) is 0 Å². The third kappa shape index (κ3) is 14.3. The Morgan fingerprint density at radius 3 is 0.913 bits per heavy atom. The van der Waals surface area contributed by atoms with Crippen LogP contribution >= 0.6 is 11.6 Å². The number of hydrogen-bond donors (Lipinski definition) is 1. The fourth-order valence-corrected chi connectivity index (χ4v) is 14.2. The Morgan fingerprint density at radius 2 is 0.476 bits per heavy atom. The van der Waals surface area contributed by atoms with E-state index < -0.39 is 0 Å². The molecule has 18 rings (SSSR count). The SMILES string of the molecule is Clc1ccc(-c2cc3ccccc3c3ccccc23)cc1.c1ccc(-c2ccc(-c3ccc(N(c4ccc(-c5cc6ccccc6c6ccccc56)cc4)c4ccccc4-c4ccccc4)cc3)cc2)cc1.c1ccc(-c2ccc(-c3ccc(Nc4ccccc4-c4ccccc4)cc3)cc2)cc1. The Balaban J connectivity index is 0.000000133. The van der Waals surface area contributed by atoms with Gasteiger partial charge in [-0.15, -0.1) is 0 Å². The molecule has 18 aromatic carbocycles. The quantitative estimate of drug-likeness (QED) is 0.116. The van der Waals surface area contributed by atoms with Crippen molar-refractivity contribution in [3.8, 4) is 89.0 Å². The van der Waals surface area contributed by atoms with Gasteiger partial charge in [0.05, 0.1) is 5.69 Å². The molecular formula is C100H71ClN2. The van der Waals surface area contributed by atoms with Crippen LogP contribution in [0.25, 0.3) is 132 Å². The Labute approximate surface area is 608 Å². The normalized spacial score (nSPS) is 11.0. The highest BCUT2D eigenvalue weighted by atomic mass is 35.5. The van der Waals surface area contributed by atoms with Crippen molar-refractivity contribution in [3.63, 3.8) is 0 Å². The number of halogens is 1. The van der Waals surface area contributed by atoms with Crippen LogP contribution in [0.1, 0.15) is 0 Å². The van der Waals surface area contributed by atoms with Gasteiger partial charge in [-0.2, -0.15) is 0 Å². The Bertz CT molecular complexity index is 5890. The summed E-state index contributed by atoms with van der Waals surface area (Å²) < 4.78 is 0. The largest absolute Gasteiger partial charge is 0.355 e. The summed E-state index contributed by atoms with van der Waals surface area (Å²) in [6.07, 6.45) is 0. The van der Waals surface area contributed by atoms with Gasteiger partial charge in [-0.05, 0) is 194 Å². The van der Waals surface area contributed by atoms with Crippen LogP contribution in [0.15, 0.2) is 425 Å². The highest BCUT2D eigenvalue weighted by Gasteiger charge is 2.19. The molecule has 18 aromatic rings. The fraction of sp³-hybridized carbons (Fsp3) is 0. The predicted octanol–water partition coefficient (Wildman–Crippen LogP) is 28.9. The minimum Gasteiger partial charge on any atom is -0.355 e. The topological polar surface area (TPSA) is 15.3 Å². The first kappa shape index (κ1) is 64.6. The number of rotatable bonds is 13. The van der Waals surface area contributed by atoms with Gasteiger partial charge in [0.1, 0.15) is 0 Å². The van der Waals surface area contributed by atoms with E-state index >= 15 is 0 Å². The molecule has 0 aliphatic rings. The monoisotopic (exact) mass is 1330 g/mol. The molecular weight excluding hydrogens is 1260 g/mol. The van der Waals surface area contributed by atoms with Crippen molar-refractivity contribution in [2.45, 2.75) is 0 Å². The summed E-state index contributed by atoms with van der Waals surface area (Å²) in [5.74, 6) is 0. The smallest absolute Gasteiger partial charge is 0.0540 e. The molecule has 0 radical (unpaired) electrons. The molecule has 1 N–H and O–H groups in total. The molecule has 3 heteroatoms. The van der Waals surface area contributed by atoms with Crippen LogP contribution in [0.2, 0.25) is 5.02 Å². The summed E-state index contributed by atoms with van der Waals surface area (Å²) in [6.45, 7) is 0. The minimum atomic E-state index is 0.767. The minimum absolute atomic E-state index is 0.767. The Hall–Kier alpha value is -13.1. The second kappa shape index (κ2) is 30.2. The lowest BCUT2D eigenvalue weighted by molar-refractivity contribution is 1.28. The highest BCUT2D eigenvalue weighted by Crippen LogP contribution is 2.44. The predicted molar refractivity (Wildman–Crippen MR) is 442 cm³/mol. The average Bonchev–Trinajstić information content (AvgIpc) is 0.771. The summed E-state index contributed by atoms with van der Waals surface area (Å²) in [7, 11) is 0. The molecule has 0 fully saturated rings. The molecule has 103 heavy (non-hydrogen) atoms. The van der Waals surface area contributed by atoms with Crippen molar-refractivity contribution in [2.24, 2.45) is 0 Å². The van der Waals surface area contributed by atoms with E-state index in [1.54, 1.807) is 0 Å². The lowest BCUT2D eigenvalue weighted by atomic mass is 9.93. The zero-order chi connectivity index (χ0) is 69.1. The molecule has 0 bridgehead atoms. The van der Waals surface area contributed by atoms with Crippen LogP contribution < -0.4 is 10.2 Å². The van der Waals surface area contributed by atoms with E-state index in [2.05, 4.69) is 411 Å². The molecule has 0 spiro atoms. The van der Waals surface area contributed by atoms with E-state index in [1.165, 1.54) is 132 Å². The molecule has 0 aliphatic carbocycles. The number of benzene rings is 18. The molecule has 0 amide bonds. The summed E-state index contributed by atoms with van der Waals surface area (Å²) in [5, 5.41) is 14.6. The molecule has 0 saturated heterocycles. The maximum absolute atomic E-state index is 6.01. The second-order valence-electron chi connectivity index (χ2n) is 25.7. The zero-order valence-corrected chi connectivity index (χ0v) is 57.5. The number of anilines is 5. The Morgan fingerprint density at radius 1 is 0.194 bits per heavy atom. The maximum atomic E-state index is 6.01. The second-order valence-corrected chi connectivity index (χ2v) is 26.1. The highest BCUT2D eigenvalue weighted by molar-refractivity contribution is 6.30. The van der Waals surface area contributed by atoms with Crippen LogP contribution in [-0.2, 0) is 0 Å². The Kier molecular flexibility index (Phi) is 18.9. The summed E-state index contributed by atoms with van der Waals surface area (Å²) in [5.41, 5.74) is 24.9. The summed E-state index contributed by atoms with van der Waals surface area (Å²) >= 11 is 6.01. The van der Waals surface area contributed by atoms with Crippen molar-refractivity contribution >= 4 is 83.1 Å². The lowest BCUT2D eigenvalue weighted by Crippen LogP contribution is -2.11. The van der Waals surface area contributed by atoms with Crippen molar-refractivity contribution in [3.05, 3.63) is 430 Å². The number of nitrogens with zero attached hydrogens (tertiary/aromatic N) is 1. The molecule has 0 saturated carbocycles. The van der Waals surface area contributed by atoms with E-state index in [1.807, 2.05) is 24.3 Å². The van der Waals surface area contributed by atoms with Gasteiger partial charge in [-0.1, -0.05) is 363 Å². The molecule has 0 aromatic heterocycles. The average molecular weight is 1340 g/mol. The van der Waals surface area contributed by atoms with Gasteiger partial charge >= 0.3 is 0 Å². The van der Waals surface area contributed by atoms with Gasteiger partial charge in [0, 0.05) is 38.9 Å². The van der Waals surface area contributed by atoms with E-state index in [0.717, 1.165) is 33.5 Å². The summed E-state index contributed by atoms with van der Waals surface area (Å²) in [4.78, 5) is 2.38. The van der Waals surface area contributed by atoms with Crippen LogP contribution in [-0.4, -0.2) is 0 Å². The van der Waals surface area contributed by atoms with E-state index in [-0.39, 0.29) is 0 Å². The van der Waals surface area contributed by atoms with Crippen LogP contribution in [0.3, 0.4) is 0 Å². The number of fused-ring (bicyclic) bond motifs is 6. The molecule has 0 atom stereocenters. The van der Waals surface area contributed by atoms with Gasteiger partial charge in [0.25, 0.3) is 0 Å². The number of hydrogen-bond acceptors (Lipinski definition) is 2. The lowest BCUT2D eigenvalue weighted by Gasteiger charge is -2.28. The first-order valence-electron chi connectivity index (χ1n) is 35.0. The molecule has 0 heterocycles. The standard InChI is InChI=1S/C50H35N.C30H23N.C20H13Cl/c1-3-13-36(14-4-1)37-23-25-38(26-24-37)39-27-31-43(32-28-39)51(50-22-12-11-19-46(50)40-15-5-2-6-16-40)44-33-29-41(30-34-44)49-35-42-17-7-8-18-45(42)47-20-9-10-21-48(47)49;1-3-9-23(10-4-1)24-15-17-25(18-16-24)26-19-21-28(22-20-26)31-30-14-8-7-13-29(30)27-11-5-2-6-12-27;21-16-11-9-14(10-12-16)20-13-15-5-1-2-6-17(15)18-7-3-4-8-19(18)20/h1-35H;1-22,31H;1-13H. The summed E-state index contributed by atoms with van der Waals surface area (Å²) in [6, 6.07) is 151.